The molecule has 0 spiro atoms. The highest BCUT2D eigenvalue weighted by atomic mass is 79.9. The van der Waals surface area contributed by atoms with Crippen molar-refractivity contribution in [3.63, 3.8) is 0 Å². The van der Waals surface area contributed by atoms with E-state index in [0.717, 1.165) is 29.6 Å². The van der Waals surface area contributed by atoms with Crippen LogP contribution in [0.3, 0.4) is 0 Å². The highest BCUT2D eigenvalue weighted by molar-refractivity contribution is 9.10. The highest BCUT2D eigenvalue weighted by Gasteiger charge is 2.23. The lowest BCUT2D eigenvalue weighted by molar-refractivity contribution is -0.115. The van der Waals surface area contributed by atoms with E-state index in [1.807, 2.05) is 49.4 Å². The smallest absolute Gasteiger partial charge is 0.262 e. The van der Waals surface area contributed by atoms with Crippen LogP contribution in [0, 0.1) is 0 Å². The van der Waals surface area contributed by atoms with Crippen molar-refractivity contribution in [1.29, 1.82) is 0 Å². The van der Waals surface area contributed by atoms with Gasteiger partial charge in [-0.3, -0.25) is 14.2 Å². The van der Waals surface area contributed by atoms with E-state index in [9.17, 15) is 9.59 Å². The van der Waals surface area contributed by atoms with Gasteiger partial charge in [-0.25, -0.2) is 4.98 Å². The van der Waals surface area contributed by atoms with Crippen molar-refractivity contribution in [2.75, 3.05) is 11.9 Å². The highest BCUT2D eigenvalue weighted by Crippen LogP contribution is 2.25. The van der Waals surface area contributed by atoms with E-state index in [0.29, 0.717) is 22.6 Å². The van der Waals surface area contributed by atoms with Crippen molar-refractivity contribution in [2.24, 2.45) is 0 Å². The number of ether oxygens (including phenoxy) is 1. The van der Waals surface area contributed by atoms with Gasteiger partial charge in [-0.2, -0.15) is 0 Å². The van der Waals surface area contributed by atoms with Crippen molar-refractivity contribution in [1.82, 2.24) is 9.55 Å². The second kappa shape index (κ2) is 9.32. The summed E-state index contributed by atoms with van der Waals surface area (Å²) in [6.07, 6.45) is 1.91. The summed E-state index contributed by atoms with van der Waals surface area (Å²) in [4.78, 5) is 30.6. The summed E-state index contributed by atoms with van der Waals surface area (Å²) in [6, 6.07) is 14.7. The quantitative estimate of drug-likeness (QED) is 0.410. The summed E-state index contributed by atoms with van der Waals surface area (Å²) in [5, 5.41) is 3.59. The normalized spacial score (nSPS) is 17.2. The van der Waals surface area contributed by atoms with Gasteiger partial charge in [0.2, 0.25) is 5.91 Å². The Kier molecular flexibility index (Phi) is 6.55. The Morgan fingerprint density at radius 3 is 2.80 bits per heavy atom. The number of rotatable bonds is 6. The van der Waals surface area contributed by atoms with Gasteiger partial charge in [0.05, 0.1) is 28.8 Å². The maximum Gasteiger partial charge on any atom is 0.262 e. The maximum absolute atomic E-state index is 13.2. The number of anilines is 1. The first-order valence-corrected chi connectivity index (χ1v) is 11.5. The number of hydrogen-bond donors (Lipinski definition) is 1. The van der Waals surface area contributed by atoms with Crippen LogP contribution in [0.15, 0.2) is 63.0 Å². The number of fused-ring (bicyclic) bond motifs is 1. The summed E-state index contributed by atoms with van der Waals surface area (Å²) in [5.41, 5.74) is 1.26. The second-order valence-corrected chi connectivity index (χ2v) is 9.44. The lowest BCUT2D eigenvalue weighted by Gasteiger charge is -2.18. The molecule has 2 heterocycles. The molecule has 1 N–H and O–H groups in total. The molecule has 4 rings (SSSR count). The van der Waals surface area contributed by atoms with Gasteiger partial charge in [0, 0.05) is 16.8 Å². The maximum atomic E-state index is 13.2. The Morgan fingerprint density at radius 1 is 1.30 bits per heavy atom. The minimum atomic E-state index is -0.433. The molecule has 2 aromatic carbocycles. The third-order valence-corrected chi connectivity index (χ3v) is 6.62. The Hall–Kier alpha value is -2.16. The van der Waals surface area contributed by atoms with Gasteiger partial charge < -0.3 is 10.1 Å². The first-order chi connectivity index (χ1) is 14.5. The Balaban J connectivity index is 1.60. The molecule has 6 nitrogen and oxygen atoms in total. The van der Waals surface area contributed by atoms with Crippen molar-refractivity contribution < 1.29 is 9.53 Å². The van der Waals surface area contributed by atoms with Crippen LogP contribution in [0.25, 0.3) is 10.9 Å². The molecule has 0 aliphatic carbocycles. The molecule has 0 unspecified atom stereocenters. The number of nitrogens with zero attached hydrogens (tertiary/aromatic N) is 2. The number of carbonyl (C=O) groups excluding carboxylic acids is 1. The summed E-state index contributed by atoms with van der Waals surface area (Å²) in [7, 11) is 0. The molecule has 1 saturated heterocycles. The van der Waals surface area contributed by atoms with Gasteiger partial charge in [-0.15, -0.1) is 0 Å². The van der Waals surface area contributed by atoms with Crippen molar-refractivity contribution >= 4 is 50.2 Å². The first-order valence-electron chi connectivity index (χ1n) is 9.85. The average molecular weight is 488 g/mol. The van der Waals surface area contributed by atoms with E-state index in [1.165, 1.54) is 11.8 Å². The topological polar surface area (TPSA) is 73.2 Å². The standard InChI is InChI=1S/C22H22BrN3O3S/c1-14(20(27)24-16-10-8-15(23)9-11-16)30-22-25-19-7-3-2-6-18(19)21(28)26(22)13-17-5-4-12-29-17/h2-3,6-11,14,17H,4-5,12-13H2,1H3,(H,24,27)/t14-,17-/m0/s1. The average Bonchev–Trinajstić information content (AvgIpc) is 3.26. The molecule has 156 valence electrons. The molecule has 1 aliphatic heterocycles. The zero-order valence-corrected chi connectivity index (χ0v) is 18.9. The molecule has 1 aliphatic rings. The number of hydrogen-bond acceptors (Lipinski definition) is 5. The fourth-order valence-electron chi connectivity index (χ4n) is 3.38. The number of amides is 1. The van der Waals surface area contributed by atoms with E-state index in [4.69, 9.17) is 9.72 Å². The molecule has 1 amide bonds. The fourth-order valence-corrected chi connectivity index (χ4v) is 4.56. The van der Waals surface area contributed by atoms with Gasteiger partial charge in [-0.05, 0) is 56.2 Å². The van der Waals surface area contributed by atoms with E-state index < -0.39 is 5.25 Å². The lowest BCUT2D eigenvalue weighted by atomic mass is 10.2. The van der Waals surface area contributed by atoms with Crippen LogP contribution >= 0.6 is 27.7 Å². The minimum Gasteiger partial charge on any atom is -0.376 e. The molecule has 8 heteroatoms. The molecular weight excluding hydrogens is 466 g/mol. The van der Waals surface area contributed by atoms with Crippen LogP contribution in [-0.4, -0.2) is 33.4 Å². The predicted molar refractivity (Wildman–Crippen MR) is 123 cm³/mol. The molecule has 2 atom stereocenters. The zero-order chi connectivity index (χ0) is 21.1. The lowest BCUT2D eigenvalue weighted by Crippen LogP contribution is -2.30. The van der Waals surface area contributed by atoms with Crippen LogP contribution in [0.2, 0.25) is 0 Å². The number of aromatic nitrogens is 2. The Labute approximate surface area is 187 Å². The number of para-hydroxylation sites is 1. The Bertz CT molecular complexity index is 1110. The van der Waals surface area contributed by atoms with Gasteiger partial charge in [0.1, 0.15) is 0 Å². The molecule has 30 heavy (non-hydrogen) atoms. The minimum absolute atomic E-state index is 0.00286. The predicted octanol–water partition coefficient (Wildman–Crippen LogP) is 4.46. The van der Waals surface area contributed by atoms with Crippen LogP contribution < -0.4 is 10.9 Å². The van der Waals surface area contributed by atoms with E-state index in [-0.39, 0.29) is 17.6 Å². The monoisotopic (exact) mass is 487 g/mol. The fraction of sp³-hybridized carbons (Fsp3) is 0.318. The summed E-state index contributed by atoms with van der Waals surface area (Å²) >= 11 is 4.68. The van der Waals surface area contributed by atoms with Gasteiger partial charge >= 0.3 is 0 Å². The third-order valence-electron chi connectivity index (χ3n) is 5.00. The number of thioether (sulfide) groups is 1. The Morgan fingerprint density at radius 2 is 2.07 bits per heavy atom. The summed E-state index contributed by atoms with van der Waals surface area (Å²) in [5.74, 6) is -0.145. The number of carbonyl (C=O) groups is 1. The first kappa shape index (κ1) is 21.1. The van der Waals surface area contributed by atoms with Crippen molar-refractivity contribution in [3.05, 3.63) is 63.4 Å². The molecule has 3 aromatic rings. The van der Waals surface area contributed by atoms with Gasteiger partial charge in [-0.1, -0.05) is 39.8 Å². The van der Waals surface area contributed by atoms with E-state index in [2.05, 4.69) is 21.2 Å². The number of halogens is 1. The molecule has 1 aromatic heterocycles. The van der Waals surface area contributed by atoms with Crippen molar-refractivity contribution in [3.8, 4) is 0 Å². The van der Waals surface area contributed by atoms with Crippen LogP contribution in [0.4, 0.5) is 5.69 Å². The van der Waals surface area contributed by atoms with Gasteiger partial charge in [0.25, 0.3) is 5.56 Å². The van der Waals surface area contributed by atoms with Crippen LogP contribution in [0.1, 0.15) is 19.8 Å². The van der Waals surface area contributed by atoms with Gasteiger partial charge in [0.15, 0.2) is 5.16 Å². The van der Waals surface area contributed by atoms with Crippen molar-refractivity contribution in [2.45, 2.75) is 42.8 Å². The molecular formula is C22H22BrN3O3S. The largest absolute Gasteiger partial charge is 0.376 e. The SMILES string of the molecule is C[C@H](Sc1nc2ccccc2c(=O)n1C[C@@H]1CCCO1)C(=O)Nc1ccc(Br)cc1. The van der Waals surface area contributed by atoms with E-state index >= 15 is 0 Å². The number of nitrogens with one attached hydrogen (secondary N) is 1. The molecule has 0 bridgehead atoms. The molecule has 1 fully saturated rings. The van der Waals surface area contributed by atoms with E-state index in [1.54, 1.807) is 10.6 Å². The second-order valence-electron chi connectivity index (χ2n) is 7.22. The third kappa shape index (κ3) is 4.77. The zero-order valence-electron chi connectivity index (χ0n) is 16.5. The van der Waals surface area contributed by atoms with Crippen LogP contribution in [0.5, 0.6) is 0 Å². The summed E-state index contributed by atoms with van der Waals surface area (Å²) in [6.45, 7) is 2.98. The summed E-state index contributed by atoms with van der Waals surface area (Å²) < 4.78 is 8.35. The van der Waals surface area contributed by atoms with Crippen LogP contribution in [-0.2, 0) is 16.1 Å². The number of benzene rings is 2. The molecule has 0 radical (unpaired) electrons. The molecule has 0 saturated carbocycles.